The highest BCUT2D eigenvalue weighted by Gasteiger charge is 2.35. The second kappa shape index (κ2) is 4.80. The summed E-state index contributed by atoms with van der Waals surface area (Å²) in [4.78, 5) is 13.7. The molecule has 0 amide bonds. The highest BCUT2D eigenvalue weighted by Crippen LogP contribution is 2.27. The topological polar surface area (TPSA) is 84.3 Å². The summed E-state index contributed by atoms with van der Waals surface area (Å²) in [6, 6.07) is 0.274. The molecule has 2 N–H and O–H groups in total. The van der Waals surface area contributed by atoms with Crippen LogP contribution in [-0.2, 0) is 6.42 Å². The summed E-state index contributed by atoms with van der Waals surface area (Å²) in [7, 11) is 0. The van der Waals surface area contributed by atoms with Crippen molar-refractivity contribution in [3.8, 4) is 0 Å². The summed E-state index contributed by atoms with van der Waals surface area (Å²) < 4.78 is 5.36. The predicted octanol–water partition coefficient (Wildman–Crippen LogP) is 0.371. The van der Waals surface area contributed by atoms with Crippen molar-refractivity contribution in [2.45, 2.75) is 12.5 Å². The molecule has 2 bridgehead atoms. The Hall–Kier alpha value is -1.51. The molecule has 1 unspecified atom stereocenters. The number of nitrogens with zero attached hydrogens (tertiary/aromatic N) is 5. The molecule has 0 radical (unpaired) electrons. The van der Waals surface area contributed by atoms with Crippen LogP contribution in [0, 0.1) is 0 Å². The van der Waals surface area contributed by atoms with E-state index in [2.05, 4.69) is 24.9 Å². The van der Waals surface area contributed by atoms with E-state index in [0.29, 0.717) is 17.4 Å². The highest BCUT2D eigenvalue weighted by molar-refractivity contribution is 7.13. The maximum absolute atomic E-state index is 5.62. The van der Waals surface area contributed by atoms with Crippen molar-refractivity contribution in [1.82, 2.24) is 24.9 Å². The van der Waals surface area contributed by atoms with E-state index >= 15 is 0 Å². The van der Waals surface area contributed by atoms with Crippen molar-refractivity contribution >= 4 is 16.5 Å². The molecule has 2 aromatic rings. The van der Waals surface area contributed by atoms with Gasteiger partial charge in [-0.05, 0) is 0 Å². The summed E-state index contributed by atoms with van der Waals surface area (Å²) in [5.74, 6) is 1.41. The van der Waals surface area contributed by atoms with E-state index in [1.165, 1.54) is 11.3 Å². The van der Waals surface area contributed by atoms with Crippen LogP contribution in [0.15, 0.2) is 9.90 Å². The smallest absolute Gasteiger partial charge is 0.232 e. The van der Waals surface area contributed by atoms with Crippen LogP contribution >= 0.6 is 11.3 Å². The maximum Gasteiger partial charge on any atom is 0.232 e. The molecular formula is C12H16N6OS. The minimum atomic E-state index is 0.274. The lowest BCUT2D eigenvalue weighted by Gasteiger charge is -2.46. The molecule has 5 heterocycles. The van der Waals surface area contributed by atoms with Crippen molar-refractivity contribution in [2.75, 3.05) is 38.5 Å². The quantitative estimate of drug-likeness (QED) is 0.875. The van der Waals surface area contributed by atoms with Gasteiger partial charge in [0.15, 0.2) is 11.0 Å². The molecular weight excluding hydrogens is 276 g/mol. The first kappa shape index (κ1) is 12.2. The van der Waals surface area contributed by atoms with Gasteiger partial charge >= 0.3 is 0 Å². The Labute approximate surface area is 120 Å². The summed E-state index contributed by atoms with van der Waals surface area (Å²) in [6.45, 7) is 5.50. The van der Waals surface area contributed by atoms with Crippen molar-refractivity contribution < 1.29 is 4.52 Å². The number of aromatic nitrogens is 3. The summed E-state index contributed by atoms with van der Waals surface area (Å²) in [6.07, 6.45) is 0.553. The Bertz CT molecular complexity index is 603. The second-order valence-corrected chi connectivity index (χ2v) is 6.14. The minimum Gasteiger partial charge on any atom is -0.375 e. The largest absolute Gasteiger partial charge is 0.375 e. The van der Waals surface area contributed by atoms with E-state index in [1.807, 2.05) is 5.38 Å². The third kappa shape index (κ3) is 2.19. The first-order valence-corrected chi connectivity index (χ1v) is 7.64. The van der Waals surface area contributed by atoms with Crippen LogP contribution in [-0.4, -0.2) is 57.6 Å². The molecule has 7 nitrogen and oxygen atoms in total. The van der Waals surface area contributed by atoms with Gasteiger partial charge in [-0.3, -0.25) is 9.80 Å². The number of fused-ring (bicyclic) bond motifs is 3. The molecule has 5 rings (SSSR count). The van der Waals surface area contributed by atoms with Gasteiger partial charge in [-0.1, -0.05) is 5.16 Å². The number of piperazine rings is 3. The van der Waals surface area contributed by atoms with E-state index in [4.69, 9.17) is 10.3 Å². The van der Waals surface area contributed by atoms with Gasteiger partial charge in [0, 0.05) is 38.1 Å². The third-order valence-corrected chi connectivity index (χ3v) is 4.69. The SMILES string of the molecule is Nc1nc(Cc2nc(C3CN4CCN3CC4)no2)cs1. The van der Waals surface area contributed by atoms with Crippen LogP contribution in [0.2, 0.25) is 0 Å². The number of nitrogens with two attached hydrogens (primary N) is 1. The lowest BCUT2D eigenvalue weighted by Crippen LogP contribution is -2.57. The Kier molecular flexibility index (Phi) is 2.94. The average Bonchev–Trinajstić information content (AvgIpc) is 3.10. The molecule has 8 heteroatoms. The zero-order valence-corrected chi connectivity index (χ0v) is 11.8. The summed E-state index contributed by atoms with van der Waals surface area (Å²) in [5.41, 5.74) is 6.51. The molecule has 3 fully saturated rings. The number of hydrogen-bond donors (Lipinski definition) is 1. The number of thiazole rings is 1. The Morgan fingerprint density at radius 1 is 1.30 bits per heavy atom. The number of rotatable bonds is 3. The molecule has 20 heavy (non-hydrogen) atoms. The number of nitrogen functional groups attached to an aromatic ring is 1. The standard InChI is InChI=1S/C12H16N6OS/c13-12-14-8(7-20-12)5-10-15-11(16-19-10)9-6-17-1-3-18(9)4-2-17/h7,9H,1-6H2,(H2,13,14). The molecule has 3 saturated heterocycles. The number of hydrogen-bond acceptors (Lipinski definition) is 8. The van der Waals surface area contributed by atoms with E-state index in [9.17, 15) is 0 Å². The first-order chi connectivity index (χ1) is 9.78. The van der Waals surface area contributed by atoms with Gasteiger partial charge < -0.3 is 10.3 Å². The molecule has 2 aromatic heterocycles. The zero-order valence-electron chi connectivity index (χ0n) is 11.0. The molecule has 1 atom stereocenters. The highest BCUT2D eigenvalue weighted by atomic mass is 32.1. The first-order valence-electron chi connectivity index (χ1n) is 6.77. The monoisotopic (exact) mass is 292 g/mol. The fourth-order valence-corrected chi connectivity index (χ4v) is 3.46. The maximum atomic E-state index is 5.62. The van der Waals surface area contributed by atoms with Crippen molar-refractivity contribution in [1.29, 1.82) is 0 Å². The van der Waals surface area contributed by atoms with Gasteiger partial charge in [-0.25, -0.2) is 4.98 Å². The van der Waals surface area contributed by atoms with Crippen molar-refractivity contribution in [2.24, 2.45) is 0 Å². The molecule has 0 spiro atoms. The molecule has 0 aromatic carbocycles. The molecule has 0 saturated carbocycles. The molecule has 0 aliphatic carbocycles. The van der Waals surface area contributed by atoms with Gasteiger partial charge in [-0.15, -0.1) is 11.3 Å². The van der Waals surface area contributed by atoms with E-state index in [-0.39, 0.29) is 6.04 Å². The second-order valence-electron chi connectivity index (χ2n) is 5.25. The Morgan fingerprint density at radius 3 is 2.80 bits per heavy atom. The molecule has 3 aliphatic heterocycles. The van der Waals surface area contributed by atoms with Crippen LogP contribution in [0.1, 0.15) is 23.5 Å². The van der Waals surface area contributed by atoms with E-state index in [1.54, 1.807) is 0 Å². The van der Waals surface area contributed by atoms with E-state index < -0.39 is 0 Å². The number of anilines is 1. The van der Waals surface area contributed by atoms with Crippen molar-refractivity contribution in [3.05, 3.63) is 22.8 Å². The van der Waals surface area contributed by atoms with Gasteiger partial charge in [0.05, 0.1) is 18.2 Å². The lowest BCUT2D eigenvalue weighted by molar-refractivity contribution is 0.00781. The normalized spacial score (nSPS) is 28.9. The Balaban J connectivity index is 1.50. The average molecular weight is 292 g/mol. The zero-order chi connectivity index (χ0) is 13.5. The van der Waals surface area contributed by atoms with Crippen LogP contribution < -0.4 is 5.73 Å². The van der Waals surface area contributed by atoms with Gasteiger partial charge in [0.25, 0.3) is 0 Å². The fourth-order valence-electron chi connectivity index (χ4n) is 2.90. The fraction of sp³-hybridized carbons (Fsp3) is 0.583. The third-order valence-electron chi connectivity index (χ3n) is 3.96. The van der Waals surface area contributed by atoms with Gasteiger partial charge in [-0.2, -0.15) is 4.98 Å². The lowest BCUT2D eigenvalue weighted by atomic mass is 10.1. The summed E-state index contributed by atoms with van der Waals surface area (Å²) in [5, 5.41) is 6.65. The van der Waals surface area contributed by atoms with E-state index in [0.717, 1.165) is 44.2 Å². The molecule has 106 valence electrons. The predicted molar refractivity (Wildman–Crippen MR) is 74.4 cm³/mol. The van der Waals surface area contributed by atoms with Gasteiger partial charge in [0.1, 0.15) is 0 Å². The van der Waals surface area contributed by atoms with Gasteiger partial charge in [0.2, 0.25) is 5.89 Å². The van der Waals surface area contributed by atoms with Crippen LogP contribution in [0.25, 0.3) is 0 Å². The Morgan fingerprint density at radius 2 is 2.15 bits per heavy atom. The summed E-state index contributed by atoms with van der Waals surface area (Å²) >= 11 is 1.43. The van der Waals surface area contributed by atoms with Crippen LogP contribution in [0.4, 0.5) is 5.13 Å². The molecule has 3 aliphatic rings. The minimum absolute atomic E-state index is 0.274. The van der Waals surface area contributed by atoms with Crippen LogP contribution in [0.3, 0.4) is 0 Å². The van der Waals surface area contributed by atoms with Crippen LogP contribution in [0.5, 0.6) is 0 Å². The van der Waals surface area contributed by atoms with Crippen molar-refractivity contribution in [3.63, 3.8) is 0 Å².